The summed E-state index contributed by atoms with van der Waals surface area (Å²) in [6, 6.07) is -0.0977. The molecule has 0 aliphatic carbocycles. The zero-order valence-corrected chi connectivity index (χ0v) is 39.7. The Bertz CT molecular complexity index is 1600. The van der Waals surface area contributed by atoms with Gasteiger partial charge in [-0.05, 0) is 111 Å². The van der Waals surface area contributed by atoms with Gasteiger partial charge >= 0.3 is 24.0 Å². The Balaban J connectivity index is 1.31. The highest BCUT2D eigenvalue weighted by Crippen LogP contribution is 2.42. The van der Waals surface area contributed by atoms with Crippen molar-refractivity contribution >= 4 is 11.9 Å². The van der Waals surface area contributed by atoms with Gasteiger partial charge in [-0.2, -0.15) is 19.9 Å². The highest BCUT2D eigenvalue weighted by Gasteiger charge is 2.51. The van der Waals surface area contributed by atoms with Crippen LogP contribution in [0.3, 0.4) is 0 Å². The van der Waals surface area contributed by atoms with Crippen LogP contribution in [0.15, 0.2) is 0 Å². The molecule has 6 rings (SSSR count). The highest BCUT2D eigenvalue weighted by molar-refractivity contribution is 5.38. The first kappa shape index (κ1) is 48.0. The van der Waals surface area contributed by atoms with Crippen LogP contribution in [0.4, 0.5) is 11.9 Å². The Morgan fingerprint density at radius 2 is 0.500 bits per heavy atom. The fraction of sp³-hybridized carbons (Fsp3) is 0.857. The lowest BCUT2D eigenvalue weighted by Gasteiger charge is -2.49. The molecule has 6 heterocycles. The molecular weight excluding hydrogens is 801 g/mol. The lowest BCUT2D eigenvalue weighted by Crippen LogP contribution is -2.60. The molecule has 4 aliphatic heterocycles. The van der Waals surface area contributed by atoms with Crippen molar-refractivity contribution in [2.24, 2.45) is 0 Å². The van der Waals surface area contributed by atoms with E-state index in [-0.39, 0.29) is 35.9 Å². The zero-order chi connectivity index (χ0) is 46.2. The minimum absolute atomic E-state index is 0.00699. The second-order valence-electron chi connectivity index (χ2n) is 23.0. The van der Waals surface area contributed by atoms with Crippen LogP contribution in [0, 0.1) is 0 Å². The van der Waals surface area contributed by atoms with E-state index in [9.17, 15) is 20.8 Å². The molecule has 0 saturated carbocycles. The summed E-state index contributed by atoms with van der Waals surface area (Å²) in [5.41, 5.74) is 0.263. The van der Waals surface area contributed by atoms with Crippen molar-refractivity contribution in [1.29, 1.82) is 0 Å². The quantitative estimate of drug-likeness (QED) is 0.230. The Morgan fingerprint density at radius 1 is 0.339 bits per heavy atom. The van der Waals surface area contributed by atoms with Crippen molar-refractivity contribution in [3.63, 3.8) is 0 Å². The van der Waals surface area contributed by atoms with Crippen LogP contribution in [0.2, 0.25) is 0 Å². The number of hydroxylamine groups is 8. The van der Waals surface area contributed by atoms with Crippen LogP contribution in [-0.2, 0) is 20.8 Å². The summed E-state index contributed by atoms with van der Waals surface area (Å²) >= 11 is 0. The van der Waals surface area contributed by atoms with Gasteiger partial charge in [0.1, 0.15) is 24.4 Å². The van der Waals surface area contributed by atoms with Crippen molar-refractivity contribution in [2.45, 2.75) is 231 Å². The van der Waals surface area contributed by atoms with Crippen LogP contribution < -0.4 is 29.8 Å². The first-order valence-electron chi connectivity index (χ1n) is 21.8. The van der Waals surface area contributed by atoms with Gasteiger partial charge in [-0.1, -0.05) is 0 Å². The van der Waals surface area contributed by atoms with Crippen molar-refractivity contribution < 1.29 is 39.8 Å². The number of rotatable bonds is 11. The van der Waals surface area contributed by atoms with Gasteiger partial charge in [0, 0.05) is 95.7 Å². The molecule has 0 aromatic carbocycles. The van der Waals surface area contributed by atoms with Gasteiger partial charge in [0.25, 0.3) is 11.9 Å². The molecule has 0 atom stereocenters. The minimum Gasteiger partial charge on any atom is -0.460 e. The van der Waals surface area contributed by atoms with E-state index in [2.05, 4.69) is 40.8 Å². The molecule has 62 heavy (non-hydrogen) atoms. The van der Waals surface area contributed by atoms with E-state index in [0.29, 0.717) is 51.4 Å². The van der Waals surface area contributed by atoms with E-state index in [4.69, 9.17) is 18.9 Å². The fourth-order valence-corrected chi connectivity index (χ4v) is 10.7. The molecule has 4 saturated heterocycles. The van der Waals surface area contributed by atoms with Gasteiger partial charge in [-0.3, -0.25) is 10.9 Å². The summed E-state index contributed by atoms with van der Waals surface area (Å²) in [5, 5.41) is 57.1. The monoisotopic (exact) mass is 871 g/mol. The highest BCUT2D eigenvalue weighted by atomic mass is 16.5. The van der Waals surface area contributed by atoms with E-state index >= 15 is 0 Å². The van der Waals surface area contributed by atoms with Gasteiger partial charge in [0.15, 0.2) is 0 Å². The van der Waals surface area contributed by atoms with E-state index in [1.54, 1.807) is 0 Å². The van der Waals surface area contributed by atoms with Crippen molar-refractivity contribution in [3.8, 4) is 24.0 Å². The normalized spacial score (nSPS) is 26.7. The van der Waals surface area contributed by atoms with Crippen LogP contribution in [0.1, 0.15) is 162 Å². The number of anilines is 2. The Morgan fingerprint density at radius 3 is 0.661 bits per heavy atom. The minimum atomic E-state index is -0.710. The summed E-state index contributed by atoms with van der Waals surface area (Å²) in [6.45, 7) is 30.2. The van der Waals surface area contributed by atoms with E-state index in [1.165, 1.54) is 0 Å². The van der Waals surface area contributed by atoms with Crippen LogP contribution in [-0.4, -0.2) is 119 Å². The van der Waals surface area contributed by atoms with E-state index in [1.807, 2.05) is 111 Å². The van der Waals surface area contributed by atoms with Gasteiger partial charge in [0.2, 0.25) is 0 Å². The van der Waals surface area contributed by atoms with Crippen LogP contribution in [0.25, 0.3) is 0 Å². The van der Waals surface area contributed by atoms with Gasteiger partial charge in [0.05, 0.1) is 0 Å². The lowest BCUT2D eigenvalue weighted by molar-refractivity contribution is -0.297. The van der Waals surface area contributed by atoms with Crippen molar-refractivity contribution in [3.05, 3.63) is 0 Å². The zero-order valence-electron chi connectivity index (χ0n) is 39.7. The van der Waals surface area contributed by atoms with Crippen LogP contribution in [0.5, 0.6) is 24.0 Å². The number of nitrogens with zero attached hydrogens (tertiary/aromatic N) is 10. The summed E-state index contributed by atoms with van der Waals surface area (Å²) in [7, 11) is 0. The molecule has 4 radical (unpaired) electrons. The van der Waals surface area contributed by atoms with Crippen LogP contribution >= 0.6 is 0 Å². The predicted octanol–water partition coefficient (Wildman–Crippen LogP) is 6.48. The lowest BCUT2D eigenvalue weighted by atomic mass is 9.80. The fourth-order valence-electron chi connectivity index (χ4n) is 10.7. The average Bonchev–Trinajstić information content (AvgIpc) is 3.09. The second kappa shape index (κ2) is 16.2. The third kappa shape index (κ3) is 10.4. The first-order chi connectivity index (χ1) is 28.2. The van der Waals surface area contributed by atoms with E-state index in [0.717, 1.165) is 20.3 Å². The number of piperidine rings is 4. The molecule has 2 aromatic heterocycles. The number of ether oxygens (including phenoxy) is 4. The molecule has 0 bridgehead atoms. The average molecular weight is 871 g/mol. The Hall–Kier alpha value is -3.50. The molecule has 346 valence electrons. The number of hydrogen-bond acceptors (Lipinski definition) is 16. The largest absolute Gasteiger partial charge is 0.460 e. The topological polar surface area (TPSA) is 231 Å². The van der Waals surface area contributed by atoms with Crippen molar-refractivity contribution in [1.82, 2.24) is 50.2 Å². The molecule has 2 aromatic rings. The smallest absolute Gasteiger partial charge is 0.324 e. The first-order valence-corrected chi connectivity index (χ1v) is 21.8. The number of hydrazine groups is 1. The molecule has 4 fully saturated rings. The number of hydrogen-bond donors (Lipinski definition) is 2. The molecule has 20 nitrogen and oxygen atoms in total. The molecule has 0 spiro atoms. The molecule has 0 unspecified atom stereocenters. The Kier molecular flexibility index (Phi) is 12.5. The third-order valence-corrected chi connectivity index (χ3v) is 12.8. The summed E-state index contributed by atoms with van der Waals surface area (Å²) < 4.78 is 25.7. The second-order valence-corrected chi connectivity index (χ2v) is 23.0. The third-order valence-electron chi connectivity index (χ3n) is 12.8. The summed E-state index contributed by atoms with van der Waals surface area (Å²) in [4.78, 5) is 27.5. The number of aromatic nitrogens is 6. The maximum Gasteiger partial charge on any atom is 0.324 e. The molecule has 0 amide bonds. The SMILES string of the molecule is CC1(C)CC(Oc2nc(NNc3nc(OC4CC(C)(C)N([O])C(C)(C)C4)nc(OC4CC(C)(C)N([O])C(C)(C)C4)n3)nc(OC3CC(C)(C)N([O])C(C)(C)C3)n2)CC(C)(C)N1[O]. The maximum absolute atomic E-state index is 13.1. The standard InChI is InChI=1S/C42H70N12O8/c1-35(2)17-25(18-36(3,4)51(35)55)59-31-43-29(44-32(47-31)60-26-19-37(5,6)52(56)38(7,8)20-26)49-50-30-45-33(61-27-21-39(9,10)53(57)40(11,12)22-27)48-34(46-30)62-28-23-41(13,14)54(58)42(15,16)24-28/h25-28H,17-24H2,1-16H3,(H,43,44,47,49)(H,45,46,48,50). The summed E-state index contributed by atoms with van der Waals surface area (Å²) in [5.74, 6) is 0.0140. The molecule has 4 aliphatic rings. The van der Waals surface area contributed by atoms with Gasteiger partial charge < -0.3 is 18.9 Å². The molecular formula is C42H70N12O8. The molecule has 20 heteroatoms. The van der Waals surface area contributed by atoms with E-state index < -0.39 is 68.7 Å². The maximum atomic E-state index is 13.1. The predicted molar refractivity (Wildman–Crippen MR) is 224 cm³/mol. The number of nitrogens with one attached hydrogen (secondary N) is 2. The Labute approximate surface area is 366 Å². The molecule has 2 N–H and O–H groups in total. The summed E-state index contributed by atoms with van der Waals surface area (Å²) in [6.07, 6.45) is 1.78. The van der Waals surface area contributed by atoms with Gasteiger partial charge in [-0.15, -0.1) is 51.0 Å². The van der Waals surface area contributed by atoms with Crippen molar-refractivity contribution in [2.75, 3.05) is 10.9 Å². The van der Waals surface area contributed by atoms with Gasteiger partial charge in [-0.25, -0.2) is 0 Å².